The first-order chi connectivity index (χ1) is 21.1. The van der Waals surface area contributed by atoms with Gasteiger partial charge in [0, 0.05) is 26.9 Å². The highest BCUT2D eigenvalue weighted by Crippen LogP contribution is 2.48. The molecule has 1 aliphatic rings. The molecule has 2 aromatic rings. The molecule has 0 saturated heterocycles. The number of hydrogen-bond acceptors (Lipinski definition) is 8. The second-order valence-electron chi connectivity index (χ2n) is 11.3. The number of ketones is 1. The van der Waals surface area contributed by atoms with Crippen LogP contribution in [0.15, 0.2) is 59.7 Å². The van der Waals surface area contributed by atoms with Crippen LogP contribution in [0.2, 0.25) is 0 Å². The van der Waals surface area contributed by atoms with Crippen LogP contribution in [-0.4, -0.2) is 53.1 Å². The molecule has 0 unspecified atom stereocenters. The van der Waals surface area contributed by atoms with Crippen molar-refractivity contribution in [1.29, 1.82) is 0 Å². The van der Waals surface area contributed by atoms with Gasteiger partial charge in [-0.2, -0.15) is 0 Å². The molecule has 44 heavy (non-hydrogen) atoms. The van der Waals surface area contributed by atoms with E-state index in [2.05, 4.69) is 32.9 Å². The number of ether oxygens (including phenoxy) is 7. The van der Waals surface area contributed by atoms with Crippen LogP contribution in [0.3, 0.4) is 0 Å². The maximum absolute atomic E-state index is 14.1. The molecule has 0 radical (unpaired) electrons. The quantitative estimate of drug-likeness (QED) is 0.0777. The number of carbonyl (C=O) groups is 1. The fourth-order valence-corrected chi connectivity index (χ4v) is 4.59. The number of hydrogen-bond donors (Lipinski definition) is 0. The third-order valence-corrected chi connectivity index (χ3v) is 6.79. The summed E-state index contributed by atoms with van der Waals surface area (Å²) in [5.41, 5.74) is 4.35. The highest BCUT2D eigenvalue weighted by Gasteiger charge is 2.34. The second-order valence-corrected chi connectivity index (χ2v) is 11.3. The van der Waals surface area contributed by atoms with Gasteiger partial charge in [0.15, 0.2) is 26.2 Å². The van der Waals surface area contributed by atoms with Gasteiger partial charge in [0.1, 0.15) is 34.2 Å². The Morgan fingerprint density at radius 2 is 1.50 bits per heavy atom. The molecule has 3 rings (SSSR count). The van der Waals surface area contributed by atoms with Crippen molar-refractivity contribution in [3.05, 3.63) is 82.0 Å². The minimum Gasteiger partial charge on any atom is -0.482 e. The standard InChI is InChI=1S/C36H46O8/c1-25(2)10-9-11-26(3)12-18-29-33(42-23-39-7)30-20-21-36(4,5)44-35(30)32(34(29)43-24-40-8)31(37)19-15-27-13-16-28(17-14-27)41-22-38-6/h10,12-17,19-21H,9,11,18,22-24H2,1-8H3/b19-15+,26-12+. The van der Waals surface area contributed by atoms with E-state index in [-0.39, 0.29) is 26.2 Å². The Kier molecular flexibility index (Phi) is 13.3. The molecule has 0 aromatic heterocycles. The molecule has 1 aliphatic heterocycles. The Hall–Kier alpha value is -3.85. The summed E-state index contributed by atoms with van der Waals surface area (Å²) in [5.74, 6) is 1.68. The van der Waals surface area contributed by atoms with E-state index in [1.165, 1.54) is 24.3 Å². The lowest BCUT2D eigenvalue weighted by atomic mass is 9.91. The molecule has 0 N–H and O–H groups in total. The second kappa shape index (κ2) is 16.9. The normalized spacial score (nSPS) is 13.8. The molecule has 238 valence electrons. The van der Waals surface area contributed by atoms with Gasteiger partial charge in [-0.15, -0.1) is 0 Å². The molecule has 0 bridgehead atoms. The molecule has 0 aliphatic carbocycles. The van der Waals surface area contributed by atoms with E-state index in [1.54, 1.807) is 20.3 Å². The third kappa shape index (κ3) is 9.84. The van der Waals surface area contributed by atoms with Crippen molar-refractivity contribution in [2.75, 3.05) is 41.7 Å². The molecule has 8 heteroatoms. The molecular formula is C36H46O8. The van der Waals surface area contributed by atoms with E-state index in [1.807, 2.05) is 50.3 Å². The summed E-state index contributed by atoms with van der Waals surface area (Å²) in [6.07, 6.45) is 13.9. The van der Waals surface area contributed by atoms with Crippen molar-refractivity contribution in [3.8, 4) is 23.0 Å². The minimum absolute atomic E-state index is 0.0148. The molecular weight excluding hydrogens is 560 g/mol. The van der Waals surface area contributed by atoms with E-state index in [0.29, 0.717) is 46.1 Å². The lowest BCUT2D eigenvalue weighted by molar-refractivity contribution is 0.0432. The molecule has 2 aromatic carbocycles. The van der Waals surface area contributed by atoms with Crippen LogP contribution in [-0.2, 0) is 20.6 Å². The van der Waals surface area contributed by atoms with Gasteiger partial charge in [0.05, 0.1) is 5.56 Å². The Labute approximate surface area is 261 Å². The first kappa shape index (κ1) is 34.6. The van der Waals surface area contributed by atoms with Gasteiger partial charge in [-0.05, 0) is 89.8 Å². The predicted octanol–water partition coefficient (Wildman–Crippen LogP) is 7.95. The van der Waals surface area contributed by atoms with Crippen LogP contribution in [0.4, 0.5) is 0 Å². The molecule has 1 heterocycles. The maximum atomic E-state index is 14.1. The van der Waals surface area contributed by atoms with Crippen molar-refractivity contribution in [2.24, 2.45) is 0 Å². The van der Waals surface area contributed by atoms with Crippen molar-refractivity contribution in [1.82, 2.24) is 0 Å². The largest absolute Gasteiger partial charge is 0.482 e. The van der Waals surface area contributed by atoms with E-state index in [4.69, 9.17) is 33.2 Å². The number of fused-ring (bicyclic) bond motifs is 1. The Bertz CT molecular complexity index is 1380. The fraction of sp³-hybridized carbons (Fsp3) is 0.417. The van der Waals surface area contributed by atoms with E-state index >= 15 is 0 Å². The highest BCUT2D eigenvalue weighted by atomic mass is 16.7. The number of methoxy groups -OCH3 is 3. The first-order valence-electron chi connectivity index (χ1n) is 14.7. The number of allylic oxidation sites excluding steroid dienone is 5. The number of carbonyl (C=O) groups excluding carboxylic acids is 1. The van der Waals surface area contributed by atoms with E-state index in [9.17, 15) is 4.79 Å². The summed E-state index contributed by atoms with van der Waals surface area (Å²) in [7, 11) is 4.67. The Morgan fingerprint density at radius 3 is 2.14 bits per heavy atom. The van der Waals surface area contributed by atoms with Crippen LogP contribution < -0.4 is 18.9 Å². The minimum atomic E-state index is -0.663. The third-order valence-electron chi connectivity index (χ3n) is 6.79. The summed E-state index contributed by atoms with van der Waals surface area (Å²) in [6, 6.07) is 7.37. The zero-order valence-corrected chi connectivity index (χ0v) is 27.3. The van der Waals surface area contributed by atoms with Crippen molar-refractivity contribution < 1.29 is 38.0 Å². The van der Waals surface area contributed by atoms with E-state index < -0.39 is 5.60 Å². The van der Waals surface area contributed by atoms with Crippen LogP contribution >= 0.6 is 0 Å². The highest BCUT2D eigenvalue weighted by molar-refractivity contribution is 6.12. The number of rotatable bonds is 17. The van der Waals surface area contributed by atoms with Gasteiger partial charge >= 0.3 is 0 Å². The molecule has 0 amide bonds. The van der Waals surface area contributed by atoms with Crippen molar-refractivity contribution in [2.45, 2.75) is 59.5 Å². The average molecular weight is 607 g/mol. The molecule has 0 saturated carbocycles. The number of benzene rings is 2. The van der Waals surface area contributed by atoms with Crippen LogP contribution in [0, 0.1) is 0 Å². The van der Waals surface area contributed by atoms with Gasteiger partial charge in [-0.3, -0.25) is 4.79 Å². The smallest absolute Gasteiger partial charge is 0.193 e. The lowest BCUT2D eigenvalue weighted by Gasteiger charge is -2.32. The average Bonchev–Trinajstić information content (AvgIpc) is 2.99. The Balaban J connectivity index is 2.15. The fourth-order valence-electron chi connectivity index (χ4n) is 4.59. The maximum Gasteiger partial charge on any atom is 0.193 e. The SMILES string of the molecule is COCOc1ccc(/C=C/C(=O)c2c3c(c(OCOC)c(C/C=C(\C)CCC=C(C)C)c2OCOC)C=CC(C)(C)O3)cc1. The lowest BCUT2D eigenvalue weighted by Crippen LogP contribution is -2.29. The topological polar surface area (TPSA) is 81.7 Å². The molecule has 0 atom stereocenters. The monoisotopic (exact) mass is 606 g/mol. The van der Waals surface area contributed by atoms with Gasteiger partial charge in [0.2, 0.25) is 0 Å². The van der Waals surface area contributed by atoms with Crippen molar-refractivity contribution >= 4 is 17.9 Å². The van der Waals surface area contributed by atoms with Gasteiger partial charge in [-0.1, -0.05) is 41.5 Å². The zero-order valence-electron chi connectivity index (χ0n) is 27.3. The summed E-state index contributed by atoms with van der Waals surface area (Å²) < 4.78 is 39.8. The Morgan fingerprint density at radius 1 is 0.864 bits per heavy atom. The van der Waals surface area contributed by atoms with Crippen LogP contribution in [0.1, 0.15) is 74.5 Å². The zero-order chi connectivity index (χ0) is 32.1. The van der Waals surface area contributed by atoms with Gasteiger partial charge in [-0.25, -0.2) is 0 Å². The summed E-state index contributed by atoms with van der Waals surface area (Å²) in [4.78, 5) is 14.1. The van der Waals surface area contributed by atoms with Crippen LogP contribution in [0.25, 0.3) is 12.2 Å². The summed E-state index contributed by atoms with van der Waals surface area (Å²) in [6.45, 7) is 10.3. The molecule has 8 nitrogen and oxygen atoms in total. The van der Waals surface area contributed by atoms with Gasteiger partial charge < -0.3 is 33.2 Å². The molecule has 0 spiro atoms. The van der Waals surface area contributed by atoms with Gasteiger partial charge in [0.25, 0.3) is 0 Å². The summed E-state index contributed by atoms with van der Waals surface area (Å²) in [5, 5.41) is 0. The summed E-state index contributed by atoms with van der Waals surface area (Å²) >= 11 is 0. The predicted molar refractivity (Wildman–Crippen MR) is 174 cm³/mol. The first-order valence-corrected chi connectivity index (χ1v) is 14.7. The van der Waals surface area contributed by atoms with E-state index in [0.717, 1.165) is 18.4 Å². The van der Waals surface area contributed by atoms with Crippen molar-refractivity contribution in [3.63, 3.8) is 0 Å². The van der Waals surface area contributed by atoms with Crippen LogP contribution in [0.5, 0.6) is 23.0 Å². The molecule has 0 fully saturated rings.